The summed E-state index contributed by atoms with van der Waals surface area (Å²) in [5.41, 5.74) is 8.15. The molecule has 2 N–H and O–H groups in total. The quantitative estimate of drug-likeness (QED) is 0.710. The molecule has 0 saturated carbocycles. The highest BCUT2D eigenvalue weighted by atomic mass is 16.5. The molecule has 2 heteroatoms. The van der Waals surface area contributed by atoms with Gasteiger partial charge in [0.05, 0.1) is 6.61 Å². The summed E-state index contributed by atoms with van der Waals surface area (Å²) in [7, 11) is 0. The molecule has 0 radical (unpaired) electrons. The number of ether oxygens (including phenoxy) is 1. The van der Waals surface area contributed by atoms with Gasteiger partial charge in [0.2, 0.25) is 0 Å². The number of hydrogen-bond acceptors (Lipinski definition) is 2. The maximum atomic E-state index is 6.00. The summed E-state index contributed by atoms with van der Waals surface area (Å²) in [4.78, 5) is 0. The van der Waals surface area contributed by atoms with Crippen LogP contribution in [-0.4, -0.2) is 6.61 Å². The lowest BCUT2D eigenvalue weighted by molar-refractivity contribution is 0.355. The van der Waals surface area contributed by atoms with E-state index in [1.54, 1.807) is 0 Å². The van der Waals surface area contributed by atoms with E-state index in [0.717, 1.165) is 24.3 Å². The fourth-order valence-corrected chi connectivity index (χ4v) is 1.57. The second kappa shape index (κ2) is 2.74. The number of nitrogens with two attached hydrogens (primary N) is 1. The van der Waals surface area contributed by atoms with E-state index in [2.05, 4.69) is 18.2 Å². The molecule has 1 aliphatic heterocycles. The molecule has 70 valence electrons. The minimum Gasteiger partial charge on any atom is -0.493 e. The zero-order chi connectivity index (χ0) is 9.47. The van der Waals surface area contributed by atoms with Gasteiger partial charge in [-0.2, -0.15) is 0 Å². The smallest absolute Gasteiger partial charge is 0.122 e. The first-order valence-corrected chi connectivity index (χ1v) is 4.62. The summed E-state index contributed by atoms with van der Waals surface area (Å²) in [6.45, 7) is 4.82. The molecule has 0 aromatic heterocycles. The first kappa shape index (κ1) is 8.57. The van der Waals surface area contributed by atoms with E-state index >= 15 is 0 Å². The lowest BCUT2D eigenvalue weighted by Crippen LogP contribution is -2.28. The third-order valence-electron chi connectivity index (χ3n) is 2.44. The highest BCUT2D eigenvalue weighted by molar-refractivity contribution is 5.41. The van der Waals surface area contributed by atoms with Crippen LogP contribution in [0.1, 0.15) is 25.0 Å². The van der Waals surface area contributed by atoms with Crippen molar-refractivity contribution in [2.45, 2.75) is 25.8 Å². The molecule has 1 aromatic rings. The second-order valence-electron chi connectivity index (χ2n) is 4.14. The topological polar surface area (TPSA) is 35.2 Å². The summed E-state index contributed by atoms with van der Waals surface area (Å²) < 4.78 is 5.48. The van der Waals surface area contributed by atoms with Crippen molar-refractivity contribution in [1.82, 2.24) is 0 Å². The Morgan fingerprint density at radius 2 is 2.15 bits per heavy atom. The second-order valence-corrected chi connectivity index (χ2v) is 4.14. The van der Waals surface area contributed by atoms with E-state index in [1.165, 1.54) is 5.56 Å². The van der Waals surface area contributed by atoms with Crippen molar-refractivity contribution < 1.29 is 4.74 Å². The van der Waals surface area contributed by atoms with Crippen LogP contribution >= 0.6 is 0 Å². The first-order chi connectivity index (χ1) is 6.07. The first-order valence-electron chi connectivity index (χ1n) is 4.62. The van der Waals surface area contributed by atoms with Crippen LogP contribution in [0.2, 0.25) is 0 Å². The Balaban J connectivity index is 2.42. The van der Waals surface area contributed by atoms with Gasteiger partial charge in [0, 0.05) is 12.0 Å². The average Bonchev–Trinajstić information content (AvgIpc) is 2.47. The minimum atomic E-state index is -0.277. The molecule has 0 unspecified atom stereocenters. The van der Waals surface area contributed by atoms with Gasteiger partial charge in [-0.1, -0.05) is 12.1 Å². The van der Waals surface area contributed by atoms with Crippen LogP contribution in [0.5, 0.6) is 5.75 Å². The minimum absolute atomic E-state index is 0.277. The molecule has 0 bridgehead atoms. The van der Waals surface area contributed by atoms with Crippen molar-refractivity contribution in [1.29, 1.82) is 0 Å². The van der Waals surface area contributed by atoms with E-state index in [9.17, 15) is 0 Å². The van der Waals surface area contributed by atoms with Crippen LogP contribution in [0.15, 0.2) is 18.2 Å². The van der Waals surface area contributed by atoms with Crippen molar-refractivity contribution in [3.63, 3.8) is 0 Å². The van der Waals surface area contributed by atoms with Gasteiger partial charge in [-0.3, -0.25) is 0 Å². The van der Waals surface area contributed by atoms with Crippen molar-refractivity contribution in [2.75, 3.05) is 6.61 Å². The number of hydrogen-bond donors (Lipinski definition) is 1. The number of rotatable bonds is 1. The summed E-state index contributed by atoms with van der Waals surface area (Å²) in [6, 6.07) is 6.27. The van der Waals surface area contributed by atoms with Crippen molar-refractivity contribution in [3.8, 4) is 5.75 Å². The average molecular weight is 177 g/mol. The molecule has 0 amide bonds. The number of fused-ring (bicyclic) bond motifs is 1. The van der Waals surface area contributed by atoms with Crippen LogP contribution in [0.3, 0.4) is 0 Å². The van der Waals surface area contributed by atoms with Crippen LogP contribution in [0.25, 0.3) is 0 Å². The molecule has 13 heavy (non-hydrogen) atoms. The molecule has 1 aliphatic rings. The van der Waals surface area contributed by atoms with Crippen molar-refractivity contribution in [2.24, 2.45) is 5.73 Å². The third kappa shape index (κ3) is 1.54. The predicted molar refractivity (Wildman–Crippen MR) is 52.9 cm³/mol. The molecule has 0 saturated heterocycles. The van der Waals surface area contributed by atoms with E-state index in [-0.39, 0.29) is 5.54 Å². The molecule has 0 fully saturated rings. The molecular formula is C11H15NO. The van der Waals surface area contributed by atoms with Gasteiger partial charge >= 0.3 is 0 Å². The Kier molecular flexibility index (Phi) is 1.81. The van der Waals surface area contributed by atoms with Crippen LogP contribution in [0.4, 0.5) is 0 Å². The van der Waals surface area contributed by atoms with Gasteiger partial charge in [-0.15, -0.1) is 0 Å². The van der Waals surface area contributed by atoms with Crippen LogP contribution < -0.4 is 10.5 Å². The fourth-order valence-electron chi connectivity index (χ4n) is 1.57. The monoisotopic (exact) mass is 177 g/mol. The van der Waals surface area contributed by atoms with Gasteiger partial charge in [0.15, 0.2) is 0 Å². The molecule has 1 aromatic carbocycles. The third-order valence-corrected chi connectivity index (χ3v) is 2.44. The van der Waals surface area contributed by atoms with Gasteiger partial charge in [0.25, 0.3) is 0 Å². The van der Waals surface area contributed by atoms with Crippen molar-refractivity contribution in [3.05, 3.63) is 29.3 Å². The largest absolute Gasteiger partial charge is 0.493 e. The molecule has 2 rings (SSSR count). The van der Waals surface area contributed by atoms with Crippen molar-refractivity contribution >= 4 is 0 Å². The highest BCUT2D eigenvalue weighted by Crippen LogP contribution is 2.29. The van der Waals surface area contributed by atoms with Crippen LogP contribution in [0, 0.1) is 0 Å². The van der Waals surface area contributed by atoms with Gasteiger partial charge < -0.3 is 10.5 Å². The summed E-state index contributed by atoms with van der Waals surface area (Å²) in [6.07, 6.45) is 1.03. The van der Waals surface area contributed by atoms with E-state index in [1.807, 2.05) is 13.8 Å². The Hall–Kier alpha value is -1.02. The highest BCUT2D eigenvalue weighted by Gasteiger charge is 2.18. The SMILES string of the molecule is CC(C)(N)c1ccc2c(c1)OCC2. The maximum Gasteiger partial charge on any atom is 0.122 e. The predicted octanol–water partition coefficient (Wildman–Crippen LogP) is 1.82. The van der Waals surface area contributed by atoms with E-state index < -0.39 is 0 Å². The molecule has 0 spiro atoms. The summed E-state index contributed by atoms with van der Waals surface area (Å²) in [5.74, 6) is 1.01. The molecule has 0 aliphatic carbocycles. The van der Waals surface area contributed by atoms with Gasteiger partial charge in [-0.25, -0.2) is 0 Å². The summed E-state index contributed by atoms with van der Waals surface area (Å²) in [5, 5.41) is 0. The van der Waals surface area contributed by atoms with Crippen LogP contribution in [-0.2, 0) is 12.0 Å². The zero-order valence-electron chi connectivity index (χ0n) is 8.13. The van der Waals surface area contributed by atoms with Gasteiger partial charge in [0.1, 0.15) is 5.75 Å². The molecule has 1 heterocycles. The Labute approximate surface area is 78.7 Å². The Morgan fingerprint density at radius 1 is 1.38 bits per heavy atom. The van der Waals surface area contributed by atoms with Gasteiger partial charge in [-0.05, 0) is 31.0 Å². The molecular weight excluding hydrogens is 162 g/mol. The number of benzene rings is 1. The summed E-state index contributed by atoms with van der Waals surface area (Å²) >= 11 is 0. The molecule has 0 atom stereocenters. The van der Waals surface area contributed by atoms with E-state index in [0.29, 0.717) is 0 Å². The maximum absolute atomic E-state index is 6.00. The molecule has 2 nitrogen and oxygen atoms in total. The Morgan fingerprint density at radius 3 is 2.85 bits per heavy atom. The standard InChI is InChI=1S/C11H15NO/c1-11(2,12)9-4-3-8-5-6-13-10(8)7-9/h3-4,7H,5-6,12H2,1-2H3. The van der Waals surface area contributed by atoms with E-state index in [4.69, 9.17) is 10.5 Å². The fraction of sp³-hybridized carbons (Fsp3) is 0.455. The zero-order valence-corrected chi connectivity index (χ0v) is 8.13. The lowest BCUT2D eigenvalue weighted by Gasteiger charge is -2.19. The Bertz CT molecular complexity index is 325. The lowest BCUT2D eigenvalue weighted by atomic mass is 9.94. The normalized spacial score (nSPS) is 15.3.